The molecule has 2 heterocycles. The number of aliphatic hydroxyl groups excluding tert-OH is 1. The Balaban J connectivity index is 1.58. The van der Waals surface area contributed by atoms with Gasteiger partial charge in [0.05, 0.1) is 17.0 Å². The molecule has 1 amide bonds. The number of benzene rings is 1. The van der Waals surface area contributed by atoms with Crippen molar-refractivity contribution in [3.05, 3.63) is 27.8 Å². The van der Waals surface area contributed by atoms with Crippen molar-refractivity contribution >= 4 is 17.3 Å². The van der Waals surface area contributed by atoms with Crippen molar-refractivity contribution < 1.29 is 19.6 Å². The maximum absolute atomic E-state index is 12.0. The van der Waals surface area contributed by atoms with Gasteiger partial charge < -0.3 is 25.4 Å². The van der Waals surface area contributed by atoms with Gasteiger partial charge in [-0.2, -0.15) is 0 Å². The van der Waals surface area contributed by atoms with E-state index in [0.29, 0.717) is 37.0 Å². The van der Waals surface area contributed by atoms with Crippen molar-refractivity contribution in [2.45, 2.75) is 69.7 Å². The lowest BCUT2D eigenvalue weighted by Crippen LogP contribution is -2.53. The molecule has 30 heavy (non-hydrogen) atoms. The van der Waals surface area contributed by atoms with E-state index in [0.717, 1.165) is 37.8 Å². The average Bonchev–Trinajstić information content (AvgIpc) is 3.51. The van der Waals surface area contributed by atoms with Crippen LogP contribution in [0.3, 0.4) is 0 Å². The summed E-state index contributed by atoms with van der Waals surface area (Å²) >= 11 is 0. The van der Waals surface area contributed by atoms with Crippen LogP contribution in [0.2, 0.25) is 0 Å². The summed E-state index contributed by atoms with van der Waals surface area (Å²) in [5.41, 5.74) is 0.157. The van der Waals surface area contributed by atoms with E-state index in [1.807, 2.05) is 0 Å². The summed E-state index contributed by atoms with van der Waals surface area (Å²) in [5, 5.41) is 29.2. The van der Waals surface area contributed by atoms with Crippen molar-refractivity contribution in [3.63, 3.8) is 0 Å². The van der Waals surface area contributed by atoms with E-state index in [1.165, 1.54) is 6.07 Å². The third-order valence-electron chi connectivity index (χ3n) is 6.17. The van der Waals surface area contributed by atoms with E-state index in [9.17, 15) is 20.0 Å². The van der Waals surface area contributed by atoms with Crippen LogP contribution in [-0.2, 0) is 4.79 Å². The van der Waals surface area contributed by atoms with Crippen LogP contribution in [0.4, 0.5) is 11.4 Å². The zero-order valence-electron chi connectivity index (χ0n) is 17.5. The van der Waals surface area contributed by atoms with Crippen LogP contribution in [0.5, 0.6) is 5.75 Å². The lowest BCUT2D eigenvalue weighted by Gasteiger charge is -2.42. The van der Waals surface area contributed by atoms with Gasteiger partial charge in [-0.3, -0.25) is 14.9 Å². The Kier molecular flexibility index (Phi) is 5.59. The van der Waals surface area contributed by atoms with Crippen molar-refractivity contribution in [3.8, 4) is 5.75 Å². The molecule has 2 atom stereocenters. The lowest BCUT2D eigenvalue weighted by atomic mass is 9.86. The number of hydrogen-bond acceptors (Lipinski definition) is 7. The number of hydrogen-bond donors (Lipinski definition) is 3. The highest BCUT2D eigenvalue weighted by Crippen LogP contribution is 2.45. The quantitative estimate of drug-likeness (QED) is 0.460. The topological polar surface area (TPSA) is 117 Å². The molecular weight excluding hydrogens is 388 g/mol. The normalized spacial score (nSPS) is 25.4. The van der Waals surface area contributed by atoms with Crippen LogP contribution in [0.15, 0.2) is 12.1 Å². The number of carbonyl (C=O) groups excluding carboxylic acids is 1. The molecular formula is C21H30N4O5. The van der Waals surface area contributed by atoms with Crippen LogP contribution in [0.25, 0.3) is 0 Å². The molecule has 0 unspecified atom stereocenters. The Labute approximate surface area is 175 Å². The van der Waals surface area contributed by atoms with Crippen LogP contribution >= 0.6 is 0 Å². The molecule has 1 aromatic carbocycles. The molecule has 1 aromatic rings. The molecule has 0 spiro atoms. The molecule has 2 aliphatic heterocycles. The van der Waals surface area contributed by atoms with E-state index in [4.69, 9.17) is 4.74 Å². The van der Waals surface area contributed by atoms with Crippen LogP contribution in [0.1, 0.15) is 57.6 Å². The Morgan fingerprint density at radius 1 is 1.33 bits per heavy atom. The minimum Gasteiger partial charge on any atom is -0.484 e. The van der Waals surface area contributed by atoms with Crippen LogP contribution < -0.4 is 15.4 Å². The first-order chi connectivity index (χ1) is 14.3. The van der Waals surface area contributed by atoms with Gasteiger partial charge in [0.25, 0.3) is 5.69 Å². The number of amides is 1. The molecule has 1 saturated heterocycles. The van der Waals surface area contributed by atoms with Gasteiger partial charge in [-0.15, -0.1) is 0 Å². The van der Waals surface area contributed by atoms with Crippen molar-refractivity contribution in [1.82, 2.24) is 10.2 Å². The molecule has 1 aliphatic carbocycles. The number of nitrogens with one attached hydrogen (secondary N) is 2. The molecule has 4 rings (SSSR count). The van der Waals surface area contributed by atoms with Crippen LogP contribution in [-0.4, -0.2) is 58.2 Å². The number of nitro groups is 1. The molecule has 2 fully saturated rings. The number of piperidine rings is 1. The first kappa shape index (κ1) is 20.9. The van der Waals surface area contributed by atoms with Gasteiger partial charge in [-0.1, -0.05) is 0 Å². The smallest absolute Gasteiger partial charge is 0.296 e. The van der Waals surface area contributed by atoms with Crippen molar-refractivity contribution in [2.75, 3.05) is 25.0 Å². The van der Waals surface area contributed by atoms with E-state index in [2.05, 4.69) is 10.6 Å². The Morgan fingerprint density at radius 2 is 2.10 bits per heavy atom. The van der Waals surface area contributed by atoms with E-state index in [1.54, 1.807) is 24.8 Å². The highest BCUT2D eigenvalue weighted by atomic mass is 16.6. The van der Waals surface area contributed by atoms with Gasteiger partial charge in [-0.05, 0) is 45.6 Å². The second kappa shape index (κ2) is 8.03. The molecule has 9 nitrogen and oxygen atoms in total. The number of carbonyl (C=O) groups is 1. The summed E-state index contributed by atoms with van der Waals surface area (Å²) in [5.74, 6) is 0.558. The molecule has 0 bridgehead atoms. The minimum absolute atomic E-state index is 0.0731. The molecule has 164 valence electrons. The van der Waals surface area contributed by atoms with E-state index >= 15 is 0 Å². The molecule has 0 aromatic heterocycles. The second-order valence-corrected chi connectivity index (χ2v) is 9.00. The Bertz CT molecular complexity index is 839. The highest BCUT2D eigenvalue weighted by Gasteiger charge is 2.45. The zero-order valence-corrected chi connectivity index (χ0v) is 17.5. The maximum atomic E-state index is 12.0. The first-order valence-electron chi connectivity index (χ1n) is 10.7. The van der Waals surface area contributed by atoms with Crippen molar-refractivity contribution in [1.29, 1.82) is 0 Å². The van der Waals surface area contributed by atoms with E-state index < -0.39 is 16.6 Å². The van der Waals surface area contributed by atoms with Crippen LogP contribution in [0, 0.1) is 10.1 Å². The summed E-state index contributed by atoms with van der Waals surface area (Å²) in [7, 11) is 0. The lowest BCUT2D eigenvalue weighted by molar-refractivity contribution is -0.384. The number of nitro benzene ring substituents is 1. The number of ether oxygens (including phenoxy) is 1. The third-order valence-corrected chi connectivity index (χ3v) is 6.17. The van der Waals surface area contributed by atoms with Gasteiger partial charge in [0, 0.05) is 37.7 Å². The van der Waals surface area contributed by atoms with Crippen molar-refractivity contribution in [2.24, 2.45) is 0 Å². The number of anilines is 1. The van der Waals surface area contributed by atoms with Gasteiger partial charge in [-0.25, -0.2) is 0 Å². The van der Waals surface area contributed by atoms with Gasteiger partial charge in [0.2, 0.25) is 5.91 Å². The summed E-state index contributed by atoms with van der Waals surface area (Å²) < 4.78 is 5.95. The Hall–Kier alpha value is -2.39. The fraction of sp³-hybridized carbons (Fsp3) is 0.667. The zero-order chi connectivity index (χ0) is 21.5. The molecule has 9 heteroatoms. The van der Waals surface area contributed by atoms with Gasteiger partial charge in [0.15, 0.2) is 0 Å². The number of likely N-dealkylation sites (tertiary alicyclic amines) is 1. The molecule has 1 saturated carbocycles. The van der Waals surface area contributed by atoms with Gasteiger partial charge >= 0.3 is 0 Å². The molecule has 0 radical (unpaired) electrons. The maximum Gasteiger partial charge on any atom is 0.296 e. The number of rotatable bonds is 7. The fourth-order valence-corrected chi connectivity index (χ4v) is 4.23. The predicted molar refractivity (Wildman–Crippen MR) is 112 cm³/mol. The highest BCUT2D eigenvalue weighted by molar-refractivity contribution is 5.77. The molecule has 3 N–H and O–H groups in total. The summed E-state index contributed by atoms with van der Waals surface area (Å²) in [6.07, 6.45) is 3.81. The SMILES string of the molecule is CC1(C)Oc2cc([N+](=O)[O-])c(NCCN3CCCCC3=O)cc2[C@H](NC2CC2)[C@H]1O. The van der Waals surface area contributed by atoms with Gasteiger partial charge in [0.1, 0.15) is 23.1 Å². The number of fused-ring (bicyclic) bond motifs is 1. The molecule has 3 aliphatic rings. The largest absolute Gasteiger partial charge is 0.484 e. The van der Waals surface area contributed by atoms with E-state index in [-0.39, 0.29) is 17.6 Å². The summed E-state index contributed by atoms with van der Waals surface area (Å²) in [6, 6.07) is 3.15. The average molecular weight is 418 g/mol. The number of aliphatic hydroxyl groups is 1. The standard InChI is InChI=1S/C21H30N4O5/c1-21(2)20(27)19(23-13-6-7-13)14-11-15(16(25(28)29)12-17(14)30-21)22-8-10-24-9-4-3-5-18(24)26/h11-13,19-20,22-23,27H,3-10H2,1-2H3/t19-,20+/m0/s1. The third kappa shape index (κ3) is 4.22. The fourth-order valence-electron chi connectivity index (χ4n) is 4.23. The minimum atomic E-state index is -0.864. The first-order valence-corrected chi connectivity index (χ1v) is 10.7. The monoisotopic (exact) mass is 418 g/mol. The number of nitrogens with zero attached hydrogens (tertiary/aromatic N) is 2. The predicted octanol–water partition coefficient (Wildman–Crippen LogP) is 2.34. The summed E-state index contributed by atoms with van der Waals surface area (Å²) in [6.45, 7) is 5.23. The second-order valence-electron chi connectivity index (χ2n) is 9.00. The Morgan fingerprint density at radius 3 is 2.77 bits per heavy atom. The summed E-state index contributed by atoms with van der Waals surface area (Å²) in [4.78, 5) is 25.1.